The average molecular weight is 693 g/mol. The van der Waals surface area contributed by atoms with Crippen molar-refractivity contribution in [3.05, 3.63) is 83.7 Å². The standard InChI is InChI=1S/C44H60N4O3/c1-6-8-10-11-12-18-30-47(43(50)45-35-19-14-13-15-20-35)36-28-29-39-40(31-36)48(41(46-39)23-9-7-2)32-33-24-26-34(27-25-33)37-21-16-17-22-38(37)42(49)51-44(3,4)5/h16-17,21-22,24-29,31,35H,6-15,18-20,23,30,32H2,1-5H3,(H,45,50). The Bertz CT molecular complexity index is 1710. The highest BCUT2D eigenvalue weighted by molar-refractivity contribution is 5.97. The number of anilines is 1. The summed E-state index contributed by atoms with van der Waals surface area (Å²) in [6.45, 7) is 11.5. The highest BCUT2D eigenvalue weighted by atomic mass is 16.6. The number of nitrogens with zero attached hydrogens (tertiary/aromatic N) is 3. The Kier molecular flexibility index (Phi) is 13.7. The van der Waals surface area contributed by atoms with Crippen molar-refractivity contribution >= 4 is 28.7 Å². The number of imidazole rings is 1. The number of aromatic nitrogens is 2. The van der Waals surface area contributed by atoms with Crippen LogP contribution in [0, 0.1) is 0 Å². The monoisotopic (exact) mass is 692 g/mol. The van der Waals surface area contributed by atoms with Gasteiger partial charge in [0.25, 0.3) is 0 Å². The van der Waals surface area contributed by atoms with Gasteiger partial charge >= 0.3 is 12.0 Å². The summed E-state index contributed by atoms with van der Waals surface area (Å²) in [5.74, 6) is 0.749. The lowest BCUT2D eigenvalue weighted by Crippen LogP contribution is -2.46. The van der Waals surface area contributed by atoms with Crippen molar-refractivity contribution in [2.75, 3.05) is 11.4 Å². The minimum Gasteiger partial charge on any atom is -0.456 e. The third-order valence-corrected chi connectivity index (χ3v) is 9.94. The van der Waals surface area contributed by atoms with Gasteiger partial charge in [-0.25, -0.2) is 14.6 Å². The van der Waals surface area contributed by atoms with E-state index in [1.54, 1.807) is 0 Å². The molecule has 2 amide bonds. The molecule has 0 unspecified atom stereocenters. The fourth-order valence-corrected chi connectivity index (χ4v) is 7.15. The molecule has 5 rings (SSSR count). The van der Waals surface area contributed by atoms with E-state index in [9.17, 15) is 9.59 Å². The molecule has 0 spiro atoms. The van der Waals surface area contributed by atoms with E-state index in [0.717, 1.165) is 84.2 Å². The van der Waals surface area contributed by atoms with Gasteiger partial charge in [0.05, 0.1) is 16.6 Å². The maximum atomic E-state index is 13.9. The second-order valence-electron chi connectivity index (χ2n) is 15.3. The van der Waals surface area contributed by atoms with Crippen LogP contribution in [0.2, 0.25) is 0 Å². The zero-order valence-electron chi connectivity index (χ0n) is 31.8. The number of carbonyl (C=O) groups excluding carboxylic acids is 2. The minimum absolute atomic E-state index is 0.0225. The topological polar surface area (TPSA) is 76.5 Å². The third kappa shape index (κ3) is 10.7. The van der Waals surface area contributed by atoms with Gasteiger partial charge in [-0.05, 0) is 87.4 Å². The summed E-state index contributed by atoms with van der Waals surface area (Å²) < 4.78 is 8.04. The predicted octanol–water partition coefficient (Wildman–Crippen LogP) is 11.3. The van der Waals surface area contributed by atoms with E-state index in [-0.39, 0.29) is 18.0 Å². The first kappa shape index (κ1) is 38.1. The van der Waals surface area contributed by atoms with Crippen LogP contribution in [0.1, 0.15) is 140 Å². The maximum Gasteiger partial charge on any atom is 0.339 e. The number of hydrogen-bond acceptors (Lipinski definition) is 4. The van der Waals surface area contributed by atoms with E-state index >= 15 is 0 Å². The number of benzene rings is 3. The predicted molar refractivity (Wildman–Crippen MR) is 211 cm³/mol. The number of urea groups is 1. The minimum atomic E-state index is -0.568. The number of nitrogens with one attached hydrogen (secondary N) is 1. The average Bonchev–Trinajstić information content (AvgIpc) is 3.46. The number of amides is 2. The summed E-state index contributed by atoms with van der Waals surface area (Å²) >= 11 is 0. The van der Waals surface area contributed by atoms with Crippen LogP contribution in [0.3, 0.4) is 0 Å². The molecule has 4 aromatic rings. The molecule has 0 radical (unpaired) electrons. The maximum absolute atomic E-state index is 13.9. The summed E-state index contributed by atoms with van der Waals surface area (Å²) in [6, 6.07) is 22.7. The largest absolute Gasteiger partial charge is 0.456 e. The van der Waals surface area contributed by atoms with Crippen molar-refractivity contribution in [2.45, 2.75) is 143 Å². The van der Waals surface area contributed by atoms with Gasteiger partial charge in [0.1, 0.15) is 11.4 Å². The second-order valence-corrected chi connectivity index (χ2v) is 15.3. The van der Waals surface area contributed by atoms with Crippen LogP contribution in [0.5, 0.6) is 0 Å². The molecule has 0 aliphatic heterocycles. The molecule has 3 aromatic carbocycles. The Morgan fingerprint density at radius 3 is 2.29 bits per heavy atom. The highest BCUT2D eigenvalue weighted by Gasteiger charge is 2.23. The molecule has 1 aromatic heterocycles. The molecule has 1 aliphatic carbocycles. The van der Waals surface area contributed by atoms with Gasteiger partial charge in [-0.15, -0.1) is 0 Å². The second kappa shape index (κ2) is 18.4. The summed E-state index contributed by atoms with van der Waals surface area (Å²) in [5, 5.41) is 3.39. The molecule has 51 heavy (non-hydrogen) atoms. The number of carbonyl (C=O) groups is 2. The zero-order valence-corrected chi connectivity index (χ0v) is 31.8. The Morgan fingerprint density at radius 1 is 0.863 bits per heavy atom. The molecule has 7 heteroatoms. The van der Waals surface area contributed by atoms with Gasteiger partial charge in [0.2, 0.25) is 0 Å². The van der Waals surface area contributed by atoms with E-state index in [1.807, 2.05) is 49.9 Å². The van der Waals surface area contributed by atoms with Crippen LogP contribution >= 0.6 is 0 Å². The SMILES string of the molecule is CCCCCCCCN(C(=O)NC1CCCCC1)c1ccc2nc(CCCC)n(Cc3ccc(-c4ccccc4C(=O)OC(C)(C)C)cc3)c2c1. The highest BCUT2D eigenvalue weighted by Crippen LogP contribution is 2.29. The fourth-order valence-electron chi connectivity index (χ4n) is 7.15. The summed E-state index contributed by atoms with van der Waals surface area (Å²) in [5.41, 5.74) is 5.91. The lowest BCUT2D eigenvalue weighted by Gasteiger charge is -2.28. The normalized spacial score (nSPS) is 13.7. The number of esters is 1. The Balaban J connectivity index is 1.42. The first-order valence-electron chi connectivity index (χ1n) is 19.7. The van der Waals surface area contributed by atoms with Crippen LogP contribution in [0.15, 0.2) is 66.7 Å². The number of hydrogen-bond donors (Lipinski definition) is 1. The summed E-state index contributed by atoms with van der Waals surface area (Å²) in [4.78, 5) is 34.0. The van der Waals surface area contributed by atoms with Crippen molar-refractivity contribution in [1.82, 2.24) is 14.9 Å². The molecule has 0 bridgehead atoms. The molecular formula is C44H60N4O3. The van der Waals surface area contributed by atoms with Crippen molar-refractivity contribution in [3.63, 3.8) is 0 Å². The molecule has 1 N–H and O–H groups in total. The van der Waals surface area contributed by atoms with Gasteiger partial charge in [-0.3, -0.25) is 4.90 Å². The Labute approximate surface area is 306 Å². The van der Waals surface area contributed by atoms with Crippen molar-refractivity contribution in [2.24, 2.45) is 0 Å². The first-order valence-corrected chi connectivity index (χ1v) is 19.7. The summed E-state index contributed by atoms with van der Waals surface area (Å²) in [7, 11) is 0. The van der Waals surface area contributed by atoms with Gasteiger partial charge in [-0.1, -0.05) is 114 Å². The van der Waals surface area contributed by atoms with Crippen molar-refractivity contribution in [3.8, 4) is 11.1 Å². The quantitative estimate of drug-likeness (QED) is 0.0936. The molecular weight excluding hydrogens is 633 g/mol. The van der Waals surface area contributed by atoms with Crippen molar-refractivity contribution in [1.29, 1.82) is 0 Å². The Hall–Kier alpha value is -4.13. The van der Waals surface area contributed by atoms with Gasteiger partial charge in [0, 0.05) is 31.2 Å². The fraction of sp³-hybridized carbons (Fsp3) is 0.523. The summed E-state index contributed by atoms with van der Waals surface area (Å²) in [6.07, 6.45) is 15.9. The lowest BCUT2D eigenvalue weighted by molar-refractivity contribution is 0.00703. The molecule has 1 aliphatic rings. The van der Waals surface area contributed by atoms with Crippen LogP contribution < -0.4 is 10.2 Å². The smallest absolute Gasteiger partial charge is 0.339 e. The van der Waals surface area contributed by atoms with Gasteiger partial charge < -0.3 is 14.6 Å². The van der Waals surface area contributed by atoms with E-state index in [2.05, 4.69) is 66.2 Å². The molecule has 0 saturated heterocycles. The molecule has 1 saturated carbocycles. The van der Waals surface area contributed by atoms with Crippen LogP contribution in [-0.4, -0.2) is 39.7 Å². The van der Waals surface area contributed by atoms with Crippen molar-refractivity contribution < 1.29 is 14.3 Å². The molecule has 7 nitrogen and oxygen atoms in total. The number of aryl methyl sites for hydroxylation is 1. The molecule has 1 fully saturated rings. The molecule has 0 atom stereocenters. The zero-order chi connectivity index (χ0) is 36.2. The first-order chi connectivity index (χ1) is 24.7. The number of fused-ring (bicyclic) bond motifs is 1. The van der Waals surface area contributed by atoms with Crippen LogP contribution in [-0.2, 0) is 17.7 Å². The lowest BCUT2D eigenvalue weighted by atomic mass is 9.96. The molecule has 1 heterocycles. The third-order valence-electron chi connectivity index (χ3n) is 9.94. The van der Waals surface area contributed by atoms with Crippen LogP contribution in [0.25, 0.3) is 22.2 Å². The number of unbranched alkanes of at least 4 members (excludes halogenated alkanes) is 6. The number of ether oxygens (including phenoxy) is 1. The van der Waals surface area contributed by atoms with E-state index in [4.69, 9.17) is 9.72 Å². The van der Waals surface area contributed by atoms with Crippen LogP contribution in [0.4, 0.5) is 10.5 Å². The Morgan fingerprint density at radius 2 is 1.57 bits per heavy atom. The van der Waals surface area contributed by atoms with Gasteiger partial charge in [-0.2, -0.15) is 0 Å². The number of rotatable bonds is 16. The van der Waals surface area contributed by atoms with E-state index in [0.29, 0.717) is 18.7 Å². The van der Waals surface area contributed by atoms with Gasteiger partial charge in [0.15, 0.2) is 0 Å². The van der Waals surface area contributed by atoms with E-state index in [1.165, 1.54) is 44.9 Å². The van der Waals surface area contributed by atoms with E-state index < -0.39 is 5.60 Å². The molecule has 274 valence electrons.